The Kier molecular flexibility index (Phi) is 6.55. The number of likely N-dealkylation sites (N-methyl/N-ethyl adjacent to an activating group) is 1. The maximum Gasteiger partial charge on any atom is 0.272 e. The van der Waals surface area contributed by atoms with Crippen molar-refractivity contribution in [1.29, 1.82) is 0 Å². The van der Waals surface area contributed by atoms with Crippen LogP contribution in [0.5, 0.6) is 0 Å². The molecular formula is C15H27N5O. The van der Waals surface area contributed by atoms with Gasteiger partial charge in [-0.15, -0.1) is 0 Å². The molecule has 0 radical (unpaired) electrons. The van der Waals surface area contributed by atoms with Gasteiger partial charge in [0.05, 0.1) is 11.9 Å². The number of aromatic nitrogens is 2. The molecule has 1 atom stereocenters. The number of hydrogen-bond acceptors (Lipinski definition) is 5. The molecule has 1 aromatic heterocycles. The summed E-state index contributed by atoms with van der Waals surface area (Å²) in [5, 5.41) is 2.95. The molecule has 1 aromatic rings. The van der Waals surface area contributed by atoms with Gasteiger partial charge >= 0.3 is 0 Å². The summed E-state index contributed by atoms with van der Waals surface area (Å²) in [5.41, 5.74) is 6.40. The van der Waals surface area contributed by atoms with Crippen molar-refractivity contribution in [3.63, 3.8) is 0 Å². The zero-order valence-electron chi connectivity index (χ0n) is 13.7. The molecule has 1 rings (SSSR count). The minimum Gasteiger partial charge on any atom is -0.396 e. The zero-order chi connectivity index (χ0) is 16.0. The van der Waals surface area contributed by atoms with Gasteiger partial charge in [0.15, 0.2) is 5.69 Å². The molecule has 0 fully saturated rings. The topological polar surface area (TPSA) is 84.1 Å². The highest BCUT2D eigenvalue weighted by Gasteiger charge is 2.17. The molecule has 3 N–H and O–H groups in total. The summed E-state index contributed by atoms with van der Waals surface area (Å²) in [4.78, 5) is 23.0. The number of amides is 1. The molecule has 118 valence electrons. The Labute approximate surface area is 127 Å². The fraction of sp³-hybridized carbons (Fsp3) is 0.667. The number of anilines is 1. The van der Waals surface area contributed by atoms with Crippen LogP contribution in [0.1, 0.15) is 56.8 Å². The lowest BCUT2D eigenvalue weighted by atomic mass is 10.2. The number of rotatable bonds is 7. The van der Waals surface area contributed by atoms with Crippen molar-refractivity contribution in [3.05, 3.63) is 17.7 Å². The molecule has 6 nitrogen and oxygen atoms in total. The third-order valence-corrected chi connectivity index (χ3v) is 3.37. The summed E-state index contributed by atoms with van der Waals surface area (Å²) < 4.78 is 0. The Balaban J connectivity index is 2.77. The maximum atomic E-state index is 12.3. The first-order chi connectivity index (χ1) is 9.88. The second-order valence-electron chi connectivity index (χ2n) is 5.55. The van der Waals surface area contributed by atoms with Crippen LogP contribution >= 0.6 is 0 Å². The molecule has 21 heavy (non-hydrogen) atoms. The number of nitrogens with zero attached hydrogens (tertiary/aromatic N) is 3. The highest BCUT2D eigenvalue weighted by Crippen LogP contribution is 2.13. The normalized spacial score (nSPS) is 12.7. The van der Waals surface area contributed by atoms with E-state index in [0.717, 1.165) is 19.6 Å². The van der Waals surface area contributed by atoms with Crippen LogP contribution in [0.25, 0.3) is 0 Å². The molecule has 0 aliphatic heterocycles. The van der Waals surface area contributed by atoms with E-state index in [-0.39, 0.29) is 23.6 Å². The van der Waals surface area contributed by atoms with Crippen LogP contribution in [0.4, 0.5) is 5.69 Å². The minimum absolute atomic E-state index is 0.0364. The van der Waals surface area contributed by atoms with Gasteiger partial charge in [0, 0.05) is 18.5 Å². The second kappa shape index (κ2) is 7.93. The molecule has 0 aliphatic rings. The predicted octanol–water partition coefficient (Wildman–Crippen LogP) is 1.64. The van der Waals surface area contributed by atoms with Gasteiger partial charge in [-0.25, -0.2) is 9.97 Å². The predicted molar refractivity (Wildman–Crippen MR) is 85.2 cm³/mol. The molecule has 0 bridgehead atoms. The summed E-state index contributed by atoms with van der Waals surface area (Å²) >= 11 is 0. The Morgan fingerprint density at radius 1 is 1.33 bits per heavy atom. The molecule has 0 spiro atoms. The van der Waals surface area contributed by atoms with Crippen molar-refractivity contribution in [2.75, 3.05) is 25.4 Å². The Morgan fingerprint density at radius 3 is 2.48 bits per heavy atom. The lowest BCUT2D eigenvalue weighted by Crippen LogP contribution is -2.42. The van der Waals surface area contributed by atoms with Crippen molar-refractivity contribution in [3.8, 4) is 0 Å². The van der Waals surface area contributed by atoms with Crippen LogP contribution in [-0.2, 0) is 0 Å². The second-order valence-corrected chi connectivity index (χ2v) is 5.55. The lowest BCUT2D eigenvalue weighted by Gasteiger charge is -2.23. The summed E-state index contributed by atoms with van der Waals surface area (Å²) in [6.07, 6.45) is 1.51. The highest BCUT2D eigenvalue weighted by molar-refractivity contribution is 5.97. The van der Waals surface area contributed by atoms with Crippen LogP contribution in [0.3, 0.4) is 0 Å². The molecule has 0 saturated carbocycles. The van der Waals surface area contributed by atoms with E-state index < -0.39 is 0 Å². The average Bonchev–Trinajstić information content (AvgIpc) is 2.44. The van der Waals surface area contributed by atoms with Gasteiger partial charge in [0.1, 0.15) is 5.82 Å². The van der Waals surface area contributed by atoms with E-state index in [1.165, 1.54) is 6.20 Å². The largest absolute Gasteiger partial charge is 0.396 e. The lowest BCUT2D eigenvalue weighted by molar-refractivity contribution is 0.0925. The van der Waals surface area contributed by atoms with E-state index >= 15 is 0 Å². The first kappa shape index (κ1) is 17.4. The molecule has 6 heteroatoms. The minimum atomic E-state index is -0.239. The first-order valence-corrected chi connectivity index (χ1v) is 7.54. The number of nitrogens with two attached hydrogens (primary N) is 1. The van der Waals surface area contributed by atoms with Crippen LogP contribution < -0.4 is 11.1 Å². The fourth-order valence-electron chi connectivity index (χ4n) is 2.07. The van der Waals surface area contributed by atoms with Crippen LogP contribution in [0.15, 0.2) is 6.20 Å². The van der Waals surface area contributed by atoms with Gasteiger partial charge in [0.2, 0.25) is 0 Å². The summed E-state index contributed by atoms with van der Waals surface area (Å²) in [6.45, 7) is 12.9. The first-order valence-electron chi connectivity index (χ1n) is 7.54. The number of nitrogen functional groups attached to an aromatic ring is 1. The number of hydrogen-bond donors (Lipinski definition) is 2. The van der Waals surface area contributed by atoms with Crippen LogP contribution in [0.2, 0.25) is 0 Å². The molecule has 0 aliphatic carbocycles. The van der Waals surface area contributed by atoms with Gasteiger partial charge in [-0.1, -0.05) is 27.7 Å². The van der Waals surface area contributed by atoms with Gasteiger partial charge in [-0.3, -0.25) is 4.79 Å². The smallest absolute Gasteiger partial charge is 0.272 e. The molecule has 1 unspecified atom stereocenters. The SMILES string of the molecule is CCN(CC)CC(C)NC(=O)c1nc(C(C)C)ncc1N. The van der Waals surface area contributed by atoms with E-state index in [1.54, 1.807) is 0 Å². The molecule has 0 aromatic carbocycles. The number of carbonyl (C=O) groups excluding carboxylic acids is 1. The Hall–Kier alpha value is -1.69. The Bertz CT molecular complexity index is 471. The molecule has 0 saturated heterocycles. The van der Waals surface area contributed by atoms with Crippen molar-refractivity contribution >= 4 is 11.6 Å². The average molecular weight is 293 g/mol. The number of carbonyl (C=O) groups is 1. The van der Waals surface area contributed by atoms with Gasteiger partial charge in [0.25, 0.3) is 5.91 Å². The van der Waals surface area contributed by atoms with Gasteiger partial charge in [-0.05, 0) is 20.0 Å². The Morgan fingerprint density at radius 2 is 1.95 bits per heavy atom. The van der Waals surface area contributed by atoms with E-state index in [9.17, 15) is 4.79 Å². The monoisotopic (exact) mass is 293 g/mol. The number of nitrogens with one attached hydrogen (secondary N) is 1. The van der Waals surface area contributed by atoms with Crippen LogP contribution in [-0.4, -0.2) is 46.5 Å². The van der Waals surface area contributed by atoms with E-state index in [1.807, 2.05) is 20.8 Å². The third-order valence-electron chi connectivity index (χ3n) is 3.37. The van der Waals surface area contributed by atoms with E-state index in [2.05, 4.69) is 34.0 Å². The molecule has 1 amide bonds. The fourth-order valence-corrected chi connectivity index (χ4v) is 2.07. The van der Waals surface area contributed by atoms with E-state index in [4.69, 9.17) is 5.73 Å². The van der Waals surface area contributed by atoms with Gasteiger partial charge in [-0.2, -0.15) is 0 Å². The maximum absolute atomic E-state index is 12.3. The van der Waals surface area contributed by atoms with Crippen molar-refractivity contribution < 1.29 is 4.79 Å². The van der Waals surface area contributed by atoms with Crippen molar-refractivity contribution in [1.82, 2.24) is 20.2 Å². The third kappa shape index (κ3) is 4.97. The standard InChI is InChI=1S/C15H27N5O/c1-6-20(7-2)9-11(5)18-15(21)13-12(16)8-17-14(19-13)10(3)4/h8,10-11H,6-7,9,16H2,1-5H3,(H,18,21). The molecular weight excluding hydrogens is 266 g/mol. The summed E-state index contributed by atoms with van der Waals surface area (Å²) in [6, 6.07) is 0.0364. The van der Waals surface area contributed by atoms with Crippen molar-refractivity contribution in [2.45, 2.75) is 46.6 Å². The quantitative estimate of drug-likeness (QED) is 0.798. The highest BCUT2D eigenvalue weighted by atomic mass is 16.2. The van der Waals surface area contributed by atoms with Crippen molar-refractivity contribution in [2.24, 2.45) is 0 Å². The zero-order valence-corrected chi connectivity index (χ0v) is 13.7. The summed E-state index contributed by atoms with van der Waals surface area (Å²) in [5.74, 6) is 0.549. The summed E-state index contributed by atoms with van der Waals surface area (Å²) in [7, 11) is 0. The molecule has 1 heterocycles. The van der Waals surface area contributed by atoms with E-state index in [0.29, 0.717) is 11.5 Å². The van der Waals surface area contributed by atoms with Gasteiger partial charge < -0.3 is 16.0 Å². The van der Waals surface area contributed by atoms with Crippen LogP contribution in [0, 0.1) is 0 Å².